The second-order valence-corrected chi connectivity index (χ2v) is 5.88. The molecule has 25 heavy (non-hydrogen) atoms. The van der Waals surface area contributed by atoms with E-state index in [-0.39, 0.29) is 5.56 Å². The lowest BCUT2D eigenvalue weighted by atomic mass is 9.87. The molecule has 6 heteroatoms. The molecule has 3 rings (SSSR count). The van der Waals surface area contributed by atoms with Crippen molar-refractivity contribution >= 4 is 17.7 Å². The van der Waals surface area contributed by atoms with Crippen LogP contribution in [0.4, 0.5) is 9.18 Å². The van der Waals surface area contributed by atoms with Gasteiger partial charge in [0.2, 0.25) is 0 Å². The third-order valence-electron chi connectivity index (χ3n) is 4.42. The molecule has 1 heterocycles. The highest BCUT2D eigenvalue weighted by molar-refractivity contribution is 6.11. The molecular formula is C19H17FN2O3. The van der Waals surface area contributed by atoms with Crippen LogP contribution in [0.5, 0.6) is 0 Å². The number of urea groups is 1. The highest BCUT2D eigenvalue weighted by Crippen LogP contribution is 2.32. The van der Waals surface area contributed by atoms with Crippen molar-refractivity contribution in [1.29, 1.82) is 0 Å². The van der Waals surface area contributed by atoms with Crippen LogP contribution in [0.25, 0.3) is 0 Å². The molecule has 0 bridgehead atoms. The van der Waals surface area contributed by atoms with E-state index in [0.717, 1.165) is 11.0 Å². The second kappa shape index (κ2) is 6.47. The Kier molecular flexibility index (Phi) is 4.35. The molecule has 128 valence electrons. The maximum absolute atomic E-state index is 13.3. The zero-order chi connectivity index (χ0) is 18.0. The summed E-state index contributed by atoms with van der Waals surface area (Å²) < 4.78 is 13.3. The van der Waals surface area contributed by atoms with E-state index in [0.29, 0.717) is 12.0 Å². The molecular weight excluding hydrogens is 323 g/mol. The molecule has 1 atom stereocenters. The molecule has 1 aliphatic rings. The highest BCUT2D eigenvalue weighted by Gasteiger charge is 2.51. The molecule has 2 aromatic carbocycles. The predicted octanol–water partition coefficient (Wildman–Crippen LogP) is 2.87. The van der Waals surface area contributed by atoms with Gasteiger partial charge in [-0.2, -0.15) is 0 Å². The summed E-state index contributed by atoms with van der Waals surface area (Å²) in [6.07, 6.45) is 0.353. The quantitative estimate of drug-likeness (QED) is 0.672. The van der Waals surface area contributed by atoms with E-state index >= 15 is 0 Å². The van der Waals surface area contributed by atoms with Crippen LogP contribution in [0.3, 0.4) is 0 Å². The summed E-state index contributed by atoms with van der Waals surface area (Å²) in [4.78, 5) is 38.5. The van der Waals surface area contributed by atoms with Crippen LogP contribution in [0.2, 0.25) is 0 Å². The number of benzene rings is 2. The number of amides is 3. The van der Waals surface area contributed by atoms with Crippen molar-refractivity contribution in [2.75, 3.05) is 6.54 Å². The lowest BCUT2D eigenvalue weighted by Gasteiger charge is -2.25. The third kappa shape index (κ3) is 2.91. The van der Waals surface area contributed by atoms with E-state index < -0.39 is 35.6 Å². The Morgan fingerprint density at radius 2 is 1.84 bits per heavy atom. The van der Waals surface area contributed by atoms with Crippen molar-refractivity contribution < 1.29 is 18.8 Å². The first kappa shape index (κ1) is 16.8. The number of hydrogen-bond donors (Lipinski definition) is 1. The minimum Gasteiger partial charge on any atom is -0.319 e. The average Bonchev–Trinajstić information content (AvgIpc) is 2.87. The first-order valence-electron chi connectivity index (χ1n) is 7.96. The zero-order valence-corrected chi connectivity index (χ0v) is 13.7. The lowest BCUT2D eigenvalue weighted by molar-refractivity contribution is -0.131. The van der Waals surface area contributed by atoms with Gasteiger partial charge in [-0.15, -0.1) is 0 Å². The van der Waals surface area contributed by atoms with Crippen molar-refractivity contribution in [3.8, 4) is 0 Å². The third-order valence-corrected chi connectivity index (χ3v) is 4.42. The smallest absolute Gasteiger partial charge is 0.319 e. The summed E-state index contributed by atoms with van der Waals surface area (Å²) in [6.45, 7) is 1.37. The Bertz CT molecular complexity index is 838. The molecule has 1 saturated heterocycles. The summed E-state index contributed by atoms with van der Waals surface area (Å²) in [5.41, 5.74) is -0.397. The molecule has 0 radical (unpaired) electrons. The molecule has 3 amide bonds. The Balaban J connectivity index is 1.87. The SMILES string of the molecule is CC[C@@]1(c2ccccc2)NC(=O)N(CC(=O)c2cccc(F)c2)C1=O. The van der Waals surface area contributed by atoms with Crippen LogP contribution in [-0.4, -0.2) is 29.2 Å². The molecule has 0 aromatic heterocycles. The number of nitrogens with zero attached hydrogens (tertiary/aromatic N) is 1. The number of hydrogen-bond acceptors (Lipinski definition) is 3. The molecule has 0 spiro atoms. The van der Waals surface area contributed by atoms with E-state index in [1.54, 1.807) is 31.2 Å². The Morgan fingerprint density at radius 3 is 2.48 bits per heavy atom. The summed E-state index contributed by atoms with van der Waals surface area (Å²) in [5.74, 6) is -1.52. The molecule has 0 unspecified atom stereocenters. The van der Waals surface area contributed by atoms with Crippen LogP contribution in [0.1, 0.15) is 29.3 Å². The van der Waals surface area contributed by atoms with Crippen LogP contribution < -0.4 is 5.32 Å². The molecule has 1 aliphatic heterocycles. The van der Waals surface area contributed by atoms with Gasteiger partial charge in [-0.3, -0.25) is 14.5 Å². The molecule has 0 saturated carbocycles. The summed E-state index contributed by atoms with van der Waals surface area (Å²) in [7, 11) is 0. The average molecular weight is 340 g/mol. The Hall–Kier alpha value is -3.02. The maximum Gasteiger partial charge on any atom is 0.325 e. The molecule has 2 aromatic rings. The largest absolute Gasteiger partial charge is 0.325 e. The van der Waals surface area contributed by atoms with Crippen molar-refractivity contribution in [2.45, 2.75) is 18.9 Å². The Morgan fingerprint density at radius 1 is 1.12 bits per heavy atom. The maximum atomic E-state index is 13.3. The van der Waals surface area contributed by atoms with E-state index in [1.165, 1.54) is 18.2 Å². The van der Waals surface area contributed by atoms with Crippen LogP contribution in [0, 0.1) is 5.82 Å². The molecule has 1 fully saturated rings. The van der Waals surface area contributed by atoms with E-state index in [4.69, 9.17) is 0 Å². The van der Waals surface area contributed by atoms with Gasteiger partial charge in [-0.1, -0.05) is 49.4 Å². The minimum atomic E-state index is -1.18. The van der Waals surface area contributed by atoms with Gasteiger partial charge in [0.05, 0.1) is 6.54 Å². The van der Waals surface area contributed by atoms with E-state index in [1.807, 2.05) is 6.07 Å². The zero-order valence-electron chi connectivity index (χ0n) is 13.7. The molecule has 1 N–H and O–H groups in total. The monoisotopic (exact) mass is 340 g/mol. The summed E-state index contributed by atoms with van der Waals surface area (Å²) in [5, 5.41) is 2.71. The normalized spacial score (nSPS) is 19.8. The van der Waals surface area contributed by atoms with E-state index in [9.17, 15) is 18.8 Å². The highest BCUT2D eigenvalue weighted by atomic mass is 19.1. The topological polar surface area (TPSA) is 66.5 Å². The van der Waals surface area contributed by atoms with Gasteiger partial charge in [-0.05, 0) is 24.1 Å². The van der Waals surface area contributed by atoms with Gasteiger partial charge < -0.3 is 5.32 Å². The number of nitrogens with one attached hydrogen (secondary N) is 1. The number of rotatable bonds is 5. The molecule has 5 nitrogen and oxygen atoms in total. The number of carbonyl (C=O) groups is 3. The fourth-order valence-corrected chi connectivity index (χ4v) is 3.03. The first-order chi connectivity index (χ1) is 12.0. The lowest BCUT2D eigenvalue weighted by Crippen LogP contribution is -2.43. The Labute approximate surface area is 144 Å². The standard InChI is InChI=1S/C19H17FN2O3/c1-2-19(14-8-4-3-5-9-14)17(24)22(18(25)21-19)12-16(23)13-7-6-10-15(20)11-13/h3-11H,2,12H2,1H3,(H,21,25)/t19-/m0/s1. The van der Waals surface area contributed by atoms with Gasteiger partial charge in [-0.25, -0.2) is 9.18 Å². The van der Waals surface area contributed by atoms with E-state index in [2.05, 4.69) is 5.32 Å². The van der Waals surface area contributed by atoms with Crippen LogP contribution in [0.15, 0.2) is 54.6 Å². The van der Waals surface area contributed by atoms with Gasteiger partial charge in [0.15, 0.2) is 5.78 Å². The number of imide groups is 1. The van der Waals surface area contributed by atoms with Crippen molar-refractivity contribution in [1.82, 2.24) is 10.2 Å². The summed E-state index contributed by atoms with van der Waals surface area (Å²) in [6, 6.07) is 13.5. The van der Waals surface area contributed by atoms with Crippen molar-refractivity contribution in [3.05, 3.63) is 71.5 Å². The summed E-state index contributed by atoms with van der Waals surface area (Å²) >= 11 is 0. The number of Topliss-reactive ketones (excluding diaryl/α,β-unsaturated/α-hetero) is 1. The van der Waals surface area contributed by atoms with Gasteiger partial charge in [0.25, 0.3) is 5.91 Å². The van der Waals surface area contributed by atoms with Crippen molar-refractivity contribution in [3.63, 3.8) is 0 Å². The number of halogens is 1. The first-order valence-corrected chi connectivity index (χ1v) is 7.96. The fraction of sp³-hybridized carbons (Fsp3) is 0.211. The van der Waals surface area contributed by atoms with Crippen LogP contribution in [-0.2, 0) is 10.3 Å². The van der Waals surface area contributed by atoms with Gasteiger partial charge >= 0.3 is 6.03 Å². The molecule has 0 aliphatic carbocycles. The number of carbonyl (C=O) groups excluding carboxylic acids is 3. The van der Waals surface area contributed by atoms with Gasteiger partial charge in [0, 0.05) is 5.56 Å². The minimum absolute atomic E-state index is 0.120. The van der Waals surface area contributed by atoms with Gasteiger partial charge in [0.1, 0.15) is 11.4 Å². The fourth-order valence-electron chi connectivity index (χ4n) is 3.03. The predicted molar refractivity (Wildman–Crippen MR) is 89.4 cm³/mol. The van der Waals surface area contributed by atoms with Crippen LogP contribution >= 0.6 is 0 Å². The number of ketones is 1. The van der Waals surface area contributed by atoms with Crippen molar-refractivity contribution in [2.24, 2.45) is 0 Å². The second-order valence-electron chi connectivity index (χ2n) is 5.88.